The maximum absolute atomic E-state index is 13.8. The Morgan fingerprint density at radius 2 is 1.02 bits per heavy atom. The largest absolute Gasteiger partial charge is 0.504 e. The molecule has 15 rings (SSSR count). The fourth-order valence-corrected chi connectivity index (χ4v) is 10.2. The molecule has 0 saturated heterocycles. The summed E-state index contributed by atoms with van der Waals surface area (Å²) < 4.78 is 27.0. The first-order valence-electron chi connectivity index (χ1n) is 30.0. The number of aromatic hydroxyl groups is 1. The lowest BCUT2D eigenvalue weighted by Crippen LogP contribution is -2.28. The Hall–Kier alpha value is -11.8. The lowest BCUT2D eigenvalue weighted by molar-refractivity contribution is -0.123. The van der Waals surface area contributed by atoms with E-state index in [1.165, 1.54) is 36.5 Å². The van der Waals surface area contributed by atoms with Gasteiger partial charge < -0.3 is 51.8 Å². The third-order valence-electron chi connectivity index (χ3n) is 14.6. The quantitative estimate of drug-likeness (QED) is 0.0546. The zero-order valence-electron chi connectivity index (χ0n) is 53.3. The van der Waals surface area contributed by atoms with E-state index in [4.69, 9.17) is 10.8 Å². The number of pyridine rings is 8. The number of amides is 2. The van der Waals surface area contributed by atoms with Crippen LogP contribution in [-0.2, 0) is 9.59 Å². The standard InChI is InChI=1S/C19H13FN4.C17H18N4O.C12H10N4.C10H14N2O2.C7H5BrN2.C7H5FO.BHO/c20-12-4-1-3-11(9-12)17-15-10-23-19-16(15)13(6-8-22-19)14-5-2-7-21-18(14)24-17;1-17(2,3)16(22)21-15-12(5-4-8-18-15)11-6-9-19-14-13(11)7-10-20-14;13-11-9(2-1-5-14-11)8-3-6-15-12-10(8)4-7-16-12;1-10(2,3)9(14)12-8-7(13)5-4-6-11-8;8-6-2-4-10-7-5(6)1-3-9-7;8-7-3-1-2-6(4-7)5-9;1-2/h1-10,17H,(H,21,24)(H,22,23);4-10H,1-3H3,(H,19,20)(H,18,21,22);1-7H,(H2,13,14)(H,15,16);4-6,13H,1-3H3,(H,11,12,14);1-4H,(H,9,10);1-5H;2H. The molecule has 12 aromatic heterocycles. The molecule has 1 unspecified atom stereocenters. The average molecular weight is 1360 g/mol. The number of carbonyl (C=O) groups is 3. The lowest BCUT2D eigenvalue weighted by Gasteiger charge is -2.18. The maximum Gasteiger partial charge on any atom is 0.277 e. The number of anilines is 4. The van der Waals surface area contributed by atoms with Crippen LogP contribution in [0.1, 0.15) is 69.1 Å². The molecule has 0 spiro atoms. The van der Waals surface area contributed by atoms with Gasteiger partial charge in [0.05, 0.1) is 6.04 Å². The number of aldehydes is 1. The van der Waals surface area contributed by atoms with E-state index in [9.17, 15) is 28.3 Å². The van der Waals surface area contributed by atoms with E-state index in [-0.39, 0.29) is 41.1 Å². The van der Waals surface area contributed by atoms with E-state index < -0.39 is 10.8 Å². The summed E-state index contributed by atoms with van der Waals surface area (Å²) in [5.41, 5.74) is 16.5. The summed E-state index contributed by atoms with van der Waals surface area (Å²) >= 11 is 3.42. The van der Waals surface area contributed by atoms with Gasteiger partial charge in [-0.15, -0.1) is 0 Å². The number of nitrogens with one attached hydrogen (secondary N) is 7. The number of nitrogens with zero attached hydrogens (tertiary/aromatic N) is 8. The highest BCUT2D eigenvalue weighted by Gasteiger charge is 2.28. The zero-order chi connectivity index (χ0) is 69.2. The summed E-state index contributed by atoms with van der Waals surface area (Å²) in [6.45, 7) is 11.0. The van der Waals surface area contributed by atoms with Gasteiger partial charge in [-0.3, -0.25) is 14.4 Å². The second-order valence-corrected chi connectivity index (χ2v) is 24.2. The molecular formula is C72H66BBrF2N16O5. The van der Waals surface area contributed by atoms with E-state index in [0.29, 0.717) is 23.5 Å². The summed E-state index contributed by atoms with van der Waals surface area (Å²) in [4.78, 5) is 80.0. The molecule has 0 bridgehead atoms. The van der Waals surface area contributed by atoms with Crippen molar-refractivity contribution in [1.29, 1.82) is 0 Å². The van der Waals surface area contributed by atoms with E-state index in [0.717, 1.165) is 98.9 Å². The van der Waals surface area contributed by atoms with Crippen molar-refractivity contribution in [2.75, 3.05) is 21.7 Å². The topological polar surface area (TPSA) is 320 Å². The number of rotatable bonds is 6. The van der Waals surface area contributed by atoms with Crippen molar-refractivity contribution in [3.63, 3.8) is 0 Å². The van der Waals surface area contributed by atoms with Gasteiger partial charge in [0.1, 0.15) is 58.0 Å². The summed E-state index contributed by atoms with van der Waals surface area (Å²) in [5.74, 6) is 1.20. The average Bonchev–Trinajstić information content (AvgIpc) is 1.61. The molecule has 14 aromatic rings. The van der Waals surface area contributed by atoms with Crippen LogP contribution in [0, 0.1) is 22.5 Å². The smallest absolute Gasteiger partial charge is 0.277 e. The third kappa shape index (κ3) is 17.3. The number of aromatic amines is 4. The minimum Gasteiger partial charge on any atom is -0.504 e. The van der Waals surface area contributed by atoms with Gasteiger partial charge in [-0.1, -0.05) is 65.8 Å². The highest BCUT2D eigenvalue weighted by Crippen LogP contribution is 2.43. The van der Waals surface area contributed by atoms with Crippen molar-refractivity contribution in [1.82, 2.24) is 59.8 Å². The van der Waals surface area contributed by atoms with Crippen molar-refractivity contribution in [2.45, 2.75) is 47.6 Å². The Labute approximate surface area is 565 Å². The molecule has 21 nitrogen and oxygen atoms in total. The first kappa shape index (κ1) is 69.5. The van der Waals surface area contributed by atoms with Crippen molar-refractivity contribution in [3.05, 3.63) is 247 Å². The van der Waals surface area contributed by atoms with Crippen molar-refractivity contribution in [3.8, 4) is 39.1 Å². The van der Waals surface area contributed by atoms with E-state index in [2.05, 4.69) is 99.7 Å². The summed E-state index contributed by atoms with van der Waals surface area (Å²) in [6.07, 6.45) is 21.9. The zero-order valence-corrected chi connectivity index (χ0v) is 54.9. The molecule has 11 N–H and O–H groups in total. The van der Waals surface area contributed by atoms with E-state index in [1.54, 1.807) is 88.4 Å². The fourth-order valence-electron chi connectivity index (χ4n) is 9.78. The predicted molar refractivity (Wildman–Crippen MR) is 380 cm³/mol. The van der Waals surface area contributed by atoms with Gasteiger partial charge in [0.2, 0.25) is 11.8 Å². The SMILES string of the molecule is Brc1ccnc2[nH]ccc12.CC(C)(C)C(=O)Nc1ncccc1-c1ccnc2[nH]ccc12.CC(C)(C)C(=O)Nc1ncccc1O.Fc1cccc(C2Nc3ncccc3-c3ccnc4[nH]cc2c34)c1.Nc1ncccc1-c1ccnc2[nH]ccc12.O=Cc1cccc(F)c1.[B]O. The number of nitrogen functional groups attached to an aromatic ring is 1. The van der Waals surface area contributed by atoms with Gasteiger partial charge in [-0.05, 0) is 153 Å². The van der Waals surface area contributed by atoms with E-state index in [1.807, 2.05) is 130 Å². The second-order valence-electron chi connectivity index (χ2n) is 23.4. The molecule has 1 atom stereocenters. The number of halogens is 3. The molecule has 2 aromatic carbocycles. The number of carbonyl (C=O) groups excluding carboxylic acids is 3. The molecule has 1 aliphatic heterocycles. The normalized spacial score (nSPS) is 11.8. The molecule has 0 saturated carbocycles. The summed E-state index contributed by atoms with van der Waals surface area (Å²) in [7, 11) is 3.50. The number of fused-ring (bicyclic) bond motifs is 5. The molecule has 13 heterocycles. The van der Waals surface area contributed by atoms with Crippen LogP contribution < -0.4 is 21.7 Å². The van der Waals surface area contributed by atoms with E-state index >= 15 is 0 Å². The summed E-state index contributed by atoms with van der Waals surface area (Å²) in [6, 6.07) is 40.4. The number of hydrogen-bond acceptors (Lipinski definition) is 15. The first-order chi connectivity index (χ1) is 46.7. The van der Waals surface area contributed by atoms with Crippen LogP contribution in [0.15, 0.2) is 218 Å². The van der Waals surface area contributed by atoms with Crippen LogP contribution in [-0.4, -0.2) is 96.1 Å². The predicted octanol–water partition coefficient (Wildman–Crippen LogP) is 14.9. The first-order valence-corrected chi connectivity index (χ1v) is 30.8. The van der Waals surface area contributed by atoms with Crippen LogP contribution in [0.2, 0.25) is 0 Å². The van der Waals surface area contributed by atoms with Gasteiger partial charge in [-0.2, -0.15) is 0 Å². The van der Waals surface area contributed by atoms with Crippen molar-refractivity contribution in [2.24, 2.45) is 10.8 Å². The molecule has 1 aliphatic rings. The molecule has 0 fully saturated rings. The highest BCUT2D eigenvalue weighted by atomic mass is 79.9. The van der Waals surface area contributed by atoms with Gasteiger partial charge in [0.25, 0.3) is 8.05 Å². The molecule has 25 heteroatoms. The van der Waals surface area contributed by atoms with Crippen LogP contribution in [0.25, 0.3) is 77.5 Å². The van der Waals surface area contributed by atoms with Crippen LogP contribution in [0.4, 0.5) is 32.1 Å². The van der Waals surface area contributed by atoms with Gasteiger partial charge in [-0.25, -0.2) is 48.7 Å². The lowest BCUT2D eigenvalue weighted by atomic mass is 9.95. The number of hydrogen-bond donors (Lipinski definition) is 10. The Morgan fingerprint density at radius 1 is 0.526 bits per heavy atom. The van der Waals surface area contributed by atoms with Gasteiger partial charge >= 0.3 is 0 Å². The number of H-pyrrole nitrogens is 4. The Morgan fingerprint density at radius 3 is 1.59 bits per heavy atom. The monoisotopic (exact) mass is 1360 g/mol. The van der Waals surface area contributed by atoms with Crippen LogP contribution in [0.3, 0.4) is 0 Å². The fraction of sp³-hybridized carbons (Fsp3) is 0.125. The Kier molecular flexibility index (Phi) is 22.8. The van der Waals surface area contributed by atoms with Crippen molar-refractivity contribution >= 4 is 109 Å². The Balaban J connectivity index is 0.000000140. The number of benzene rings is 2. The van der Waals surface area contributed by atoms with Crippen molar-refractivity contribution < 1.29 is 33.3 Å². The van der Waals surface area contributed by atoms with Crippen LogP contribution in [0.5, 0.6) is 5.75 Å². The molecule has 2 radical (unpaired) electrons. The number of nitrogens with two attached hydrogens (primary N) is 1. The molecule has 0 aliphatic carbocycles. The molecule has 488 valence electrons. The maximum atomic E-state index is 13.8. The minimum atomic E-state index is -0.496. The summed E-state index contributed by atoms with van der Waals surface area (Å²) in [5, 5.41) is 29.0. The highest BCUT2D eigenvalue weighted by molar-refractivity contribution is 9.10. The second kappa shape index (κ2) is 31.9. The van der Waals surface area contributed by atoms with Crippen LogP contribution >= 0.6 is 15.9 Å². The van der Waals surface area contributed by atoms with Gasteiger partial charge in [0.15, 0.2) is 11.6 Å². The van der Waals surface area contributed by atoms with Gasteiger partial charge in [0, 0.05) is 139 Å². The molecule has 2 amide bonds. The molecular weight excluding hydrogens is 1300 g/mol. The number of aromatic nitrogens is 12. The Bertz CT molecular complexity index is 5010. The minimum absolute atomic E-state index is 0.0231. The third-order valence-corrected chi connectivity index (χ3v) is 15.3. The molecule has 97 heavy (non-hydrogen) atoms.